The lowest BCUT2D eigenvalue weighted by Gasteiger charge is -2.18. The molecule has 1 unspecified atom stereocenters. The molecule has 1 aromatic heterocycles. The van der Waals surface area contributed by atoms with E-state index in [-0.39, 0.29) is 11.8 Å². The number of hydrogen-bond donors (Lipinski definition) is 0. The maximum atomic E-state index is 13.2. The first kappa shape index (κ1) is 20.8. The van der Waals surface area contributed by atoms with E-state index in [0.29, 0.717) is 16.7 Å². The Hall–Kier alpha value is -3.41. The molecule has 1 atom stereocenters. The fourth-order valence-electron chi connectivity index (χ4n) is 3.78. The Kier molecular flexibility index (Phi) is 5.39. The molecule has 4 rings (SSSR count). The number of rotatable bonds is 4. The molecule has 0 bridgehead atoms. The molecule has 0 radical (unpaired) electrons. The van der Waals surface area contributed by atoms with E-state index in [4.69, 9.17) is 0 Å². The van der Waals surface area contributed by atoms with Gasteiger partial charge in [-0.25, -0.2) is 0 Å². The van der Waals surface area contributed by atoms with Crippen molar-refractivity contribution in [1.29, 1.82) is 0 Å². The number of halogens is 3. The van der Waals surface area contributed by atoms with Crippen LogP contribution in [0.4, 0.5) is 13.2 Å². The van der Waals surface area contributed by atoms with Crippen molar-refractivity contribution >= 4 is 11.4 Å². The molecule has 1 aliphatic carbocycles. The maximum absolute atomic E-state index is 13.2. The summed E-state index contributed by atoms with van der Waals surface area (Å²) in [6.45, 7) is 4.01. The summed E-state index contributed by atoms with van der Waals surface area (Å²) in [6, 6.07) is 14.9. The number of alkyl halides is 3. The Bertz CT molecular complexity index is 1170. The Morgan fingerprint density at radius 1 is 1.03 bits per heavy atom. The first-order valence-electron chi connectivity index (χ1n) is 10.0. The standard InChI is InChI=1S/C25H21F3N2O/c1-16(2)30-24(17-7-4-3-5-8-17)22(15-29-30)21-14-19(11-12-23(21)31)18-9-6-10-20(13-18)25(26,27)28/h3-16,19H,1-2H3. The van der Waals surface area contributed by atoms with Crippen LogP contribution >= 0.6 is 0 Å². The fraction of sp³-hybridized carbons (Fsp3) is 0.200. The van der Waals surface area contributed by atoms with E-state index in [0.717, 1.165) is 23.4 Å². The summed E-state index contributed by atoms with van der Waals surface area (Å²) in [5.74, 6) is -0.635. The van der Waals surface area contributed by atoms with E-state index >= 15 is 0 Å². The highest BCUT2D eigenvalue weighted by Crippen LogP contribution is 2.37. The minimum Gasteiger partial charge on any atom is -0.289 e. The molecular weight excluding hydrogens is 401 g/mol. The largest absolute Gasteiger partial charge is 0.416 e. The Morgan fingerprint density at radius 3 is 2.45 bits per heavy atom. The zero-order valence-electron chi connectivity index (χ0n) is 17.1. The van der Waals surface area contributed by atoms with Gasteiger partial charge < -0.3 is 0 Å². The lowest BCUT2D eigenvalue weighted by molar-refractivity contribution is -0.137. The van der Waals surface area contributed by atoms with Gasteiger partial charge in [0.2, 0.25) is 0 Å². The van der Waals surface area contributed by atoms with Gasteiger partial charge in [0.15, 0.2) is 5.78 Å². The number of ketones is 1. The summed E-state index contributed by atoms with van der Waals surface area (Å²) in [4.78, 5) is 12.8. The maximum Gasteiger partial charge on any atom is 0.416 e. The zero-order chi connectivity index (χ0) is 22.2. The van der Waals surface area contributed by atoms with Crippen LogP contribution in [0.25, 0.3) is 16.8 Å². The molecular formula is C25H21F3N2O. The van der Waals surface area contributed by atoms with Gasteiger partial charge in [0.05, 0.1) is 17.5 Å². The number of carbonyl (C=O) groups is 1. The van der Waals surface area contributed by atoms with Crippen molar-refractivity contribution in [1.82, 2.24) is 9.78 Å². The molecule has 158 valence electrons. The number of nitrogens with zero attached hydrogens (tertiary/aromatic N) is 2. The van der Waals surface area contributed by atoms with E-state index in [9.17, 15) is 18.0 Å². The molecule has 1 aliphatic rings. The summed E-state index contributed by atoms with van der Waals surface area (Å²) in [5, 5.41) is 4.50. The topological polar surface area (TPSA) is 34.9 Å². The second kappa shape index (κ2) is 8.02. The fourth-order valence-corrected chi connectivity index (χ4v) is 3.78. The summed E-state index contributed by atoms with van der Waals surface area (Å²) in [5.41, 5.74) is 2.62. The van der Waals surface area contributed by atoms with Crippen LogP contribution in [-0.2, 0) is 11.0 Å². The Morgan fingerprint density at radius 2 is 1.77 bits per heavy atom. The molecule has 3 aromatic rings. The highest BCUT2D eigenvalue weighted by Gasteiger charge is 2.31. The monoisotopic (exact) mass is 422 g/mol. The third-order valence-corrected chi connectivity index (χ3v) is 5.29. The van der Waals surface area contributed by atoms with Crippen molar-refractivity contribution in [3.05, 3.63) is 95.7 Å². The minimum absolute atomic E-state index is 0.0676. The molecule has 0 aliphatic heterocycles. The molecule has 1 heterocycles. The van der Waals surface area contributed by atoms with Gasteiger partial charge in [0, 0.05) is 28.7 Å². The van der Waals surface area contributed by atoms with Crippen LogP contribution in [0.3, 0.4) is 0 Å². The van der Waals surface area contributed by atoms with Crippen LogP contribution < -0.4 is 0 Å². The smallest absolute Gasteiger partial charge is 0.289 e. The first-order valence-corrected chi connectivity index (χ1v) is 10.0. The average Bonchev–Trinajstić information content (AvgIpc) is 3.19. The van der Waals surface area contributed by atoms with Crippen LogP contribution in [0.1, 0.15) is 42.5 Å². The van der Waals surface area contributed by atoms with Crippen LogP contribution in [-0.4, -0.2) is 15.6 Å². The van der Waals surface area contributed by atoms with Gasteiger partial charge in [-0.05, 0) is 31.6 Å². The molecule has 3 nitrogen and oxygen atoms in total. The van der Waals surface area contributed by atoms with E-state index in [2.05, 4.69) is 5.10 Å². The second-order valence-electron chi connectivity index (χ2n) is 7.76. The van der Waals surface area contributed by atoms with E-state index < -0.39 is 17.7 Å². The summed E-state index contributed by atoms with van der Waals surface area (Å²) in [7, 11) is 0. The van der Waals surface area contributed by atoms with Gasteiger partial charge in [-0.3, -0.25) is 9.48 Å². The van der Waals surface area contributed by atoms with Crippen LogP contribution in [0.2, 0.25) is 0 Å². The van der Waals surface area contributed by atoms with E-state index in [1.807, 2.05) is 48.9 Å². The third-order valence-electron chi connectivity index (χ3n) is 5.29. The van der Waals surface area contributed by atoms with Crippen LogP contribution in [0.15, 0.2) is 79.0 Å². The summed E-state index contributed by atoms with van der Waals surface area (Å²) >= 11 is 0. The third kappa shape index (κ3) is 4.10. The number of hydrogen-bond acceptors (Lipinski definition) is 2. The number of carbonyl (C=O) groups excluding carboxylic acids is 1. The van der Waals surface area contributed by atoms with E-state index in [1.54, 1.807) is 24.4 Å². The van der Waals surface area contributed by atoms with Crippen molar-refractivity contribution in [2.75, 3.05) is 0 Å². The van der Waals surface area contributed by atoms with E-state index in [1.165, 1.54) is 12.1 Å². The number of aromatic nitrogens is 2. The van der Waals surface area contributed by atoms with Crippen molar-refractivity contribution < 1.29 is 18.0 Å². The van der Waals surface area contributed by atoms with Gasteiger partial charge in [-0.2, -0.15) is 18.3 Å². The minimum atomic E-state index is -4.42. The predicted octanol–water partition coefficient (Wildman–Crippen LogP) is 6.46. The Labute approximate surface area is 178 Å². The molecule has 0 fully saturated rings. The summed E-state index contributed by atoms with van der Waals surface area (Å²) < 4.78 is 41.3. The number of benzene rings is 2. The lowest BCUT2D eigenvalue weighted by atomic mass is 9.86. The molecule has 6 heteroatoms. The normalized spacial score (nSPS) is 16.6. The van der Waals surface area contributed by atoms with Gasteiger partial charge in [-0.15, -0.1) is 0 Å². The highest BCUT2D eigenvalue weighted by molar-refractivity contribution is 6.28. The zero-order valence-corrected chi connectivity index (χ0v) is 17.1. The average molecular weight is 422 g/mol. The van der Waals surface area contributed by atoms with Crippen molar-refractivity contribution in [2.24, 2.45) is 0 Å². The molecule has 2 aromatic carbocycles. The SMILES string of the molecule is CC(C)n1ncc(C2=CC(c3cccc(C(F)(F)F)c3)C=CC2=O)c1-c1ccccc1. The van der Waals surface area contributed by atoms with Crippen molar-refractivity contribution in [2.45, 2.75) is 32.0 Å². The predicted molar refractivity (Wildman–Crippen MR) is 114 cm³/mol. The van der Waals surface area contributed by atoms with Gasteiger partial charge >= 0.3 is 6.18 Å². The van der Waals surface area contributed by atoms with Gasteiger partial charge in [0.25, 0.3) is 0 Å². The first-order chi connectivity index (χ1) is 14.8. The molecule has 0 spiro atoms. The molecule has 31 heavy (non-hydrogen) atoms. The van der Waals surface area contributed by atoms with Crippen molar-refractivity contribution in [3.63, 3.8) is 0 Å². The quantitative estimate of drug-likeness (QED) is 0.484. The lowest BCUT2D eigenvalue weighted by Crippen LogP contribution is -2.10. The van der Waals surface area contributed by atoms with Crippen LogP contribution in [0, 0.1) is 0 Å². The molecule has 0 saturated heterocycles. The van der Waals surface area contributed by atoms with Gasteiger partial charge in [0.1, 0.15) is 0 Å². The molecule has 0 saturated carbocycles. The van der Waals surface area contributed by atoms with Gasteiger partial charge in [-0.1, -0.05) is 60.7 Å². The summed E-state index contributed by atoms with van der Waals surface area (Å²) in [6.07, 6.45) is 2.04. The Balaban J connectivity index is 1.82. The number of allylic oxidation sites excluding steroid dienone is 4. The van der Waals surface area contributed by atoms with Crippen molar-refractivity contribution in [3.8, 4) is 11.3 Å². The highest BCUT2D eigenvalue weighted by atomic mass is 19.4. The molecule has 0 N–H and O–H groups in total. The second-order valence-corrected chi connectivity index (χ2v) is 7.76. The van der Waals surface area contributed by atoms with Crippen LogP contribution in [0.5, 0.6) is 0 Å². The molecule has 0 amide bonds.